The van der Waals surface area contributed by atoms with Gasteiger partial charge in [-0.15, -0.1) is 0 Å². The lowest BCUT2D eigenvalue weighted by Gasteiger charge is -2.39. The quantitative estimate of drug-likeness (QED) is 0.749. The van der Waals surface area contributed by atoms with Gasteiger partial charge in [-0.3, -0.25) is 0 Å². The van der Waals surface area contributed by atoms with Crippen LogP contribution in [0.5, 0.6) is 0 Å². The highest BCUT2D eigenvalue weighted by Crippen LogP contribution is 2.40. The normalized spacial score (nSPS) is 12.8. The van der Waals surface area contributed by atoms with Crippen LogP contribution in [-0.4, -0.2) is 12.2 Å². The van der Waals surface area contributed by atoms with Crippen molar-refractivity contribution in [2.24, 2.45) is 0 Å². The Labute approximate surface area is 137 Å². The van der Waals surface area contributed by atoms with Gasteiger partial charge in [0.05, 0.1) is 5.54 Å². The fourth-order valence-electron chi connectivity index (χ4n) is 3.20. The second-order valence-electron chi connectivity index (χ2n) is 5.60. The topological polar surface area (TPSA) is 32.3 Å². The zero-order valence-electron chi connectivity index (χ0n) is 13.2. The highest BCUT2D eigenvalue weighted by atomic mass is 16.3. The van der Waals surface area contributed by atoms with Gasteiger partial charge in [-0.25, -0.2) is 0 Å². The third kappa shape index (κ3) is 2.79. The molecule has 0 aliphatic rings. The molecule has 116 valence electrons. The molecule has 1 atom stereocenters. The number of hydrogen-bond acceptors (Lipinski definition) is 2. The Balaban J connectivity index is 2.21. The van der Waals surface area contributed by atoms with Crippen LogP contribution in [-0.2, 0) is 5.54 Å². The zero-order chi connectivity index (χ0) is 16.1. The summed E-state index contributed by atoms with van der Waals surface area (Å²) < 4.78 is 0. The molecule has 0 heterocycles. The second kappa shape index (κ2) is 6.78. The summed E-state index contributed by atoms with van der Waals surface area (Å²) in [7, 11) is 1.90. The molecule has 0 aliphatic carbocycles. The van der Waals surface area contributed by atoms with Crippen molar-refractivity contribution in [3.63, 3.8) is 0 Å². The van der Waals surface area contributed by atoms with E-state index in [1.807, 2.05) is 73.8 Å². The standard InChI is InChI=1S/C21H21NO/c1-22-21(18-13-7-3-8-14-18,19-15-9-4-10-16-19)20(23)17-11-5-2-6-12-17/h2-16,20,22-23H,1H3. The first-order valence-corrected chi connectivity index (χ1v) is 7.82. The average Bonchev–Trinajstić information content (AvgIpc) is 2.65. The van der Waals surface area contributed by atoms with Crippen molar-refractivity contribution in [2.45, 2.75) is 11.6 Å². The van der Waals surface area contributed by atoms with E-state index in [2.05, 4.69) is 29.6 Å². The van der Waals surface area contributed by atoms with Gasteiger partial charge in [0.25, 0.3) is 0 Å². The van der Waals surface area contributed by atoms with Crippen LogP contribution in [0.25, 0.3) is 0 Å². The minimum Gasteiger partial charge on any atom is -0.386 e. The van der Waals surface area contributed by atoms with Gasteiger partial charge in [0.15, 0.2) is 0 Å². The summed E-state index contributed by atoms with van der Waals surface area (Å²) in [6.45, 7) is 0. The van der Waals surface area contributed by atoms with E-state index in [0.29, 0.717) is 0 Å². The van der Waals surface area contributed by atoms with Gasteiger partial charge in [0, 0.05) is 0 Å². The van der Waals surface area contributed by atoms with Gasteiger partial charge in [-0.2, -0.15) is 0 Å². The molecule has 0 saturated heterocycles. The molecule has 0 bridgehead atoms. The Kier molecular flexibility index (Phi) is 4.56. The maximum atomic E-state index is 11.3. The molecule has 0 aliphatic heterocycles. The summed E-state index contributed by atoms with van der Waals surface area (Å²) in [5.74, 6) is 0. The Hall–Kier alpha value is -2.42. The molecular weight excluding hydrogens is 282 g/mol. The number of likely N-dealkylation sites (N-methyl/N-ethyl adjacent to an activating group) is 1. The number of benzene rings is 3. The van der Waals surface area contributed by atoms with Crippen molar-refractivity contribution in [3.05, 3.63) is 108 Å². The monoisotopic (exact) mass is 303 g/mol. The lowest BCUT2D eigenvalue weighted by molar-refractivity contribution is 0.0859. The lowest BCUT2D eigenvalue weighted by Crippen LogP contribution is -2.46. The third-order valence-electron chi connectivity index (χ3n) is 4.38. The van der Waals surface area contributed by atoms with Crippen molar-refractivity contribution < 1.29 is 5.11 Å². The third-order valence-corrected chi connectivity index (χ3v) is 4.38. The Bertz CT molecular complexity index is 686. The molecule has 3 aromatic rings. The first kappa shape index (κ1) is 15.5. The van der Waals surface area contributed by atoms with E-state index in [1.54, 1.807) is 0 Å². The van der Waals surface area contributed by atoms with Crippen LogP contribution in [0.15, 0.2) is 91.0 Å². The maximum Gasteiger partial charge on any atom is 0.106 e. The zero-order valence-corrected chi connectivity index (χ0v) is 13.2. The first-order valence-electron chi connectivity index (χ1n) is 7.82. The van der Waals surface area contributed by atoms with Crippen molar-refractivity contribution in [3.8, 4) is 0 Å². The molecule has 2 N–H and O–H groups in total. The summed E-state index contributed by atoms with van der Waals surface area (Å²) in [5, 5.41) is 14.7. The summed E-state index contributed by atoms with van der Waals surface area (Å²) in [5.41, 5.74) is 2.24. The molecule has 3 rings (SSSR count). The minimum atomic E-state index is -0.710. The van der Waals surface area contributed by atoms with Crippen LogP contribution >= 0.6 is 0 Å². The van der Waals surface area contributed by atoms with Gasteiger partial charge >= 0.3 is 0 Å². The largest absolute Gasteiger partial charge is 0.386 e. The summed E-state index contributed by atoms with van der Waals surface area (Å²) in [6, 6.07) is 30.0. The molecule has 0 fully saturated rings. The minimum absolute atomic E-state index is 0.704. The van der Waals surface area contributed by atoms with Crippen LogP contribution in [0, 0.1) is 0 Å². The van der Waals surface area contributed by atoms with Crippen molar-refractivity contribution >= 4 is 0 Å². The molecule has 0 radical (unpaired) electrons. The Morgan fingerprint density at radius 2 is 1.09 bits per heavy atom. The average molecular weight is 303 g/mol. The van der Waals surface area contributed by atoms with Crippen LogP contribution in [0.1, 0.15) is 22.8 Å². The molecule has 0 aromatic heterocycles. The van der Waals surface area contributed by atoms with Crippen molar-refractivity contribution in [1.82, 2.24) is 5.32 Å². The summed E-state index contributed by atoms with van der Waals surface area (Å²) in [4.78, 5) is 0. The molecule has 23 heavy (non-hydrogen) atoms. The predicted octanol–water partition coefficient (Wildman–Crippen LogP) is 3.88. The molecule has 0 amide bonds. The van der Waals surface area contributed by atoms with E-state index in [-0.39, 0.29) is 0 Å². The fraction of sp³-hybridized carbons (Fsp3) is 0.143. The molecule has 2 heteroatoms. The van der Waals surface area contributed by atoms with Crippen LogP contribution in [0.2, 0.25) is 0 Å². The summed E-state index contributed by atoms with van der Waals surface area (Å²) >= 11 is 0. The van der Waals surface area contributed by atoms with Crippen molar-refractivity contribution in [2.75, 3.05) is 7.05 Å². The number of hydrogen-bond donors (Lipinski definition) is 2. The van der Waals surface area contributed by atoms with E-state index in [9.17, 15) is 5.11 Å². The van der Waals surface area contributed by atoms with Gasteiger partial charge in [-0.05, 0) is 23.7 Å². The molecule has 0 saturated carbocycles. The van der Waals surface area contributed by atoms with Crippen molar-refractivity contribution in [1.29, 1.82) is 0 Å². The molecule has 2 nitrogen and oxygen atoms in total. The maximum absolute atomic E-state index is 11.3. The summed E-state index contributed by atoms with van der Waals surface area (Å²) in [6.07, 6.45) is -0.710. The van der Waals surface area contributed by atoms with E-state index in [4.69, 9.17) is 0 Å². The van der Waals surface area contributed by atoms with E-state index in [0.717, 1.165) is 16.7 Å². The number of aliphatic hydroxyl groups excluding tert-OH is 1. The van der Waals surface area contributed by atoms with Crippen LogP contribution in [0.4, 0.5) is 0 Å². The van der Waals surface area contributed by atoms with Crippen LogP contribution in [0.3, 0.4) is 0 Å². The van der Waals surface area contributed by atoms with Crippen LogP contribution < -0.4 is 5.32 Å². The highest BCUT2D eigenvalue weighted by Gasteiger charge is 2.40. The van der Waals surface area contributed by atoms with Gasteiger partial charge in [0.1, 0.15) is 6.10 Å². The molecule has 3 aromatic carbocycles. The smallest absolute Gasteiger partial charge is 0.106 e. The van der Waals surface area contributed by atoms with Gasteiger partial charge in [0.2, 0.25) is 0 Å². The van der Waals surface area contributed by atoms with E-state index in [1.165, 1.54) is 0 Å². The number of rotatable bonds is 5. The Morgan fingerprint density at radius 3 is 1.48 bits per heavy atom. The SMILES string of the molecule is CNC(c1ccccc1)(c1ccccc1)C(O)c1ccccc1. The lowest BCUT2D eigenvalue weighted by atomic mass is 9.76. The predicted molar refractivity (Wildman–Crippen MR) is 94.1 cm³/mol. The molecule has 1 unspecified atom stereocenters. The van der Waals surface area contributed by atoms with E-state index >= 15 is 0 Å². The van der Waals surface area contributed by atoms with E-state index < -0.39 is 11.6 Å². The molecule has 0 spiro atoms. The number of aliphatic hydroxyl groups is 1. The highest BCUT2D eigenvalue weighted by molar-refractivity contribution is 5.42. The number of nitrogens with one attached hydrogen (secondary N) is 1. The Morgan fingerprint density at radius 1 is 0.696 bits per heavy atom. The van der Waals surface area contributed by atoms with Gasteiger partial charge < -0.3 is 10.4 Å². The second-order valence-corrected chi connectivity index (χ2v) is 5.60. The molecular formula is C21H21NO. The van der Waals surface area contributed by atoms with Gasteiger partial charge in [-0.1, -0.05) is 91.0 Å². The first-order chi connectivity index (χ1) is 11.3. The fourth-order valence-corrected chi connectivity index (χ4v) is 3.20.